The van der Waals surface area contributed by atoms with Crippen LogP contribution in [0.3, 0.4) is 0 Å². The minimum Gasteiger partial charge on any atom is -0.450 e. The van der Waals surface area contributed by atoms with E-state index in [9.17, 15) is 4.79 Å². The second-order valence-corrected chi connectivity index (χ2v) is 3.30. The van der Waals surface area contributed by atoms with Crippen LogP contribution in [-0.2, 0) is 14.2 Å². The Kier molecular flexibility index (Phi) is 5.42. The van der Waals surface area contributed by atoms with Crippen LogP contribution in [0.2, 0.25) is 0 Å². The Morgan fingerprint density at radius 3 is 2.93 bits per heavy atom. The Balaban J connectivity index is 2.31. The van der Waals surface area contributed by atoms with Gasteiger partial charge >= 0.3 is 6.09 Å². The Bertz CT molecular complexity index is 198. The average molecular weight is 217 g/mol. The minimum absolute atomic E-state index is 0.0249. The largest absolute Gasteiger partial charge is 0.450 e. The first kappa shape index (κ1) is 12.3. The molecule has 5 heteroatoms. The van der Waals surface area contributed by atoms with Crippen LogP contribution in [0.5, 0.6) is 0 Å². The van der Waals surface area contributed by atoms with Crippen molar-refractivity contribution in [2.24, 2.45) is 0 Å². The van der Waals surface area contributed by atoms with E-state index in [4.69, 9.17) is 14.2 Å². The number of ether oxygens (including phenoxy) is 3. The molecule has 0 bridgehead atoms. The molecule has 0 spiro atoms. The minimum atomic E-state index is -0.262. The number of rotatable bonds is 4. The van der Waals surface area contributed by atoms with Crippen LogP contribution >= 0.6 is 0 Å². The monoisotopic (exact) mass is 217 g/mol. The number of morpholine rings is 1. The van der Waals surface area contributed by atoms with Crippen molar-refractivity contribution in [1.82, 2.24) is 4.90 Å². The third-order valence-electron chi connectivity index (χ3n) is 2.17. The fourth-order valence-electron chi connectivity index (χ4n) is 1.45. The molecule has 1 aliphatic heterocycles. The zero-order valence-electron chi connectivity index (χ0n) is 9.40. The maximum Gasteiger partial charge on any atom is 0.409 e. The highest BCUT2D eigenvalue weighted by Gasteiger charge is 2.24. The standard InChI is InChI=1S/C10H19NO4/c1-3-13-8-9-7-11(5-6-15-9)10(12)14-4-2/h9H,3-8H2,1-2H3. The summed E-state index contributed by atoms with van der Waals surface area (Å²) in [5, 5.41) is 0. The molecule has 0 aromatic heterocycles. The van der Waals surface area contributed by atoms with E-state index in [2.05, 4.69) is 0 Å². The fraction of sp³-hybridized carbons (Fsp3) is 0.900. The summed E-state index contributed by atoms with van der Waals surface area (Å²) in [7, 11) is 0. The first-order valence-corrected chi connectivity index (χ1v) is 5.39. The molecule has 0 aliphatic carbocycles. The van der Waals surface area contributed by atoms with Crippen LogP contribution in [0, 0.1) is 0 Å². The lowest BCUT2D eigenvalue weighted by Gasteiger charge is -2.31. The van der Waals surface area contributed by atoms with Crippen molar-refractivity contribution in [3.63, 3.8) is 0 Å². The number of hydrogen-bond acceptors (Lipinski definition) is 4. The van der Waals surface area contributed by atoms with Gasteiger partial charge in [0.05, 0.1) is 32.5 Å². The Morgan fingerprint density at radius 2 is 2.27 bits per heavy atom. The maximum absolute atomic E-state index is 11.4. The SMILES string of the molecule is CCOCC1CN(C(=O)OCC)CCO1. The topological polar surface area (TPSA) is 48.0 Å². The van der Waals surface area contributed by atoms with E-state index in [-0.39, 0.29) is 12.2 Å². The average Bonchev–Trinajstić information content (AvgIpc) is 2.27. The third-order valence-corrected chi connectivity index (χ3v) is 2.17. The molecule has 0 radical (unpaired) electrons. The molecule has 15 heavy (non-hydrogen) atoms. The molecule has 0 aromatic carbocycles. The summed E-state index contributed by atoms with van der Waals surface area (Å²) in [5.74, 6) is 0. The number of nitrogens with zero attached hydrogens (tertiary/aromatic N) is 1. The molecule has 1 fully saturated rings. The van der Waals surface area contributed by atoms with Crippen molar-refractivity contribution in [3.05, 3.63) is 0 Å². The molecule has 1 unspecified atom stereocenters. The summed E-state index contributed by atoms with van der Waals surface area (Å²) in [4.78, 5) is 13.1. The molecule has 1 saturated heterocycles. The third kappa shape index (κ3) is 4.05. The van der Waals surface area contributed by atoms with Gasteiger partial charge in [-0.05, 0) is 13.8 Å². The number of amides is 1. The lowest BCUT2D eigenvalue weighted by Crippen LogP contribution is -2.47. The maximum atomic E-state index is 11.4. The predicted octanol–water partition coefficient (Wildman–Crippen LogP) is 0.880. The molecule has 1 amide bonds. The van der Waals surface area contributed by atoms with Gasteiger partial charge in [0, 0.05) is 13.2 Å². The zero-order chi connectivity index (χ0) is 11.1. The van der Waals surface area contributed by atoms with Gasteiger partial charge < -0.3 is 19.1 Å². The molecule has 0 aromatic rings. The Morgan fingerprint density at radius 1 is 1.47 bits per heavy atom. The second kappa shape index (κ2) is 6.63. The predicted molar refractivity (Wildman–Crippen MR) is 54.8 cm³/mol. The van der Waals surface area contributed by atoms with Crippen molar-refractivity contribution < 1.29 is 19.0 Å². The van der Waals surface area contributed by atoms with Crippen molar-refractivity contribution in [2.45, 2.75) is 20.0 Å². The number of carbonyl (C=O) groups excluding carboxylic acids is 1. The normalized spacial score (nSPS) is 21.5. The van der Waals surface area contributed by atoms with E-state index in [0.29, 0.717) is 39.5 Å². The van der Waals surface area contributed by atoms with Crippen molar-refractivity contribution >= 4 is 6.09 Å². The van der Waals surface area contributed by atoms with E-state index in [1.165, 1.54) is 0 Å². The summed E-state index contributed by atoms with van der Waals surface area (Å²) < 4.78 is 15.6. The molecule has 0 N–H and O–H groups in total. The van der Waals surface area contributed by atoms with E-state index in [1.807, 2.05) is 6.92 Å². The van der Waals surface area contributed by atoms with Gasteiger partial charge in [0.2, 0.25) is 0 Å². The summed E-state index contributed by atoms with van der Waals surface area (Å²) in [5.41, 5.74) is 0. The first-order valence-electron chi connectivity index (χ1n) is 5.39. The first-order chi connectivity index (χ1) is 7.27. The van der Waals surface area contributed by atoms with Crippen LogP contribution in [0.15, 0.2) is 0 Å². The molecule has 1 rings (SSSR count). The van der Waals surface area contributed by atoms with Crippen LogP contribution in [0.1, 0.15) is 13.8 Å². The van der Waals surface area contributed by atoms with E-state index >= 15 is 0 Å². The van der Waals surface area contributed by atoms with E-state index in [1.54, 1.807) is 11.8 Å². The molecule has 1 heterocycles. The molecule has 1 aliphatic rings. The van der Waals surface area contributed by atoms with Crippen LogP contribution in [0.25, 0.3) is 0 Å². The summed E-state index contributed by atoms with van der Waals surface area (Å²) in [6.45, 7) is 7.05. The van der Waals surface area contributed by atoms with Gasteiger partial charge in [-0.15, -0.1) is 0 Å². The molecule has 88 valence electrons. The van der Waals surface area contributed by atoms with E-state index in [0.717, 1.165) is 0 Å². The summed E-state index contributed by atoms with van der Waals surface area (Å²) in [6.07, 6.45) is -0.287. The Hall–Kier alpha value is -0.810. The number of carbonyl (C=O) groups is 1. The smallest absolute Gasteiger partial charge is 0.409 e. The van der Waals surface area contributed by atoms with Crippen molar-refractivity contribution in [3.8, 4) is 0 Å². The van der Waals surface area contributed by atoms with Gasteiger partial charge in [-0.3, -0.25) is 0 Å². The number of hydrogen-bond donors (Lipinski definition) is 0. The Labute approximate surface area is 90.3 Å². The van der Waals surface area contributed by atoms with Crippen LogP contribution in [0.4, 0.5) is 4.79 Å². The molecular weight excluding hydrogens is 198 g/mol. The molecule has 5 nitrogen and oxygen atoms in total. The summed E-state index contributed by atoms with van der Waals surface area (Å²) >= 11 is 0. The van der Waals surface area contributed by atoms with Gasteiger partial charge in [0.15, 0.2) is 0 Å². The van der Waals surface area contributed by atoms with Crippen molar-refractivity contribution in [1.29, 1.82) is 0 Å². The van der Waals surface area contributed by atoms with E-state index < -0.39 is 0 Å². The lowest BCUT2D eigenvalue weighted by atomic mass is 10.3. The van der Waals surface area contributed by atoms with Crippen molar-refractivity contribution in [2.75, 3.05) is 39.5 Å². The van der Waals surface area contributed by atoms with Gasteiger partial charge in [-0.25, -0.2) is 4.79 Å². The second-order valence-electron chi connectivity index (χ2n) is 3.30. The fourth-order valence-corrected chi connectivity index (χ4v) is 1.45. The highest BCUT2D eigenvalue weighted by Crippen LogP contribution is 2.07. The zero-order valence-corrected chi connectivity index (χ0v) is 9.40. The lowest BCUT2D eigenvalue weighted by molar-refractivity contribution is -0.0636. The molecule has 1 atom stereocenters. The van der Waals surface area contributed by atoms with Gasteiger partial charge in [0.1, 0.15) is 0 Å². The van der Waals surface area contributed by atoms with Gasteiger partial charge in [-0.1, -0.05) is 0 Å². The molecule has 0 saturated carbocycles. The summed E-state index contributed by atoms with van der Waals surface area (Å²) in [6, 6.07) is 0. The molecular formula is C10H19NO4. The highest BCUT2D eigenvalue weighted by molar-refractivity contribution is 5.67. The van der Waals surface area contributed by atoms with Crippen LogP contribution in [-0.4, -0.2) is 56.6 Å². The van der Waals surface area contributed by atoms with Gasteiger partial charge in [0.25, 0.3) is 0 Å². The quantitative estimate of drug-likeness (QED) is 0.701. The van der Waals surface area contributed by atoms with Gasteiger partial charge in [-0.2, -0.15) is 0 Å². The van der Waals surface area contributed by atoms with Crippen LogP contribution < -0.4 is 0 Å². The highest BCUT2D eigenvalue weighted by atomic mass is 16.6.